The van der Waals surface area contributed by atoms with Crippen molar-refractivity contribution in [1.29, 1.82) is 0 Å². The van der Waals surface area contributed by atoms with Crippen LogP contribution in [-0.4, -0.2) is 6.10 Å². The molecule has 11 heavy (non-hydrogen) atoms. The SMILES string of the molecule is [C]1OC2C=CC=CC2C2CC12. The van der Waals surface area contributed by atoms with Gasteiger partial charge in [-0.15, -0.1) is 0 Å². The second kappa shape index (κ2) is 1.98. The summed E-state index contributed by atoms with van der Waals surface area (Å²) in [5.74, 6) is 2.13. The van der Waals surface area contributed by atoms with E-state index in [0.717, 1.165) is 5.92 Å². The third kappa shape index (κ3) is 0.807. The Balaban J connectivity index is 1.89. The van der Waals surface area contributed by atoms with Crippen molar-refractivity contribution in [1.82, 2.24) is 0 Å². The van der Waals surface area contributed by atoms with Gasteiger partial charge in [0.15, 0.2) is 0 Å². The van der Waals surface area contributed by atoms with Crippen LogP contribution in [0, 0.1) is 24.4 Å². The molecule has 0 aromatic rings. The van der Waals surface area contributed by atoms with Crippen LogP contribution in [0.15, 0.2) is 24.3 Å². The molecule has 0 aromatic carbocycles. The largest absolute Gasteiger partial charge is 0.360 e. The molecule has 3 aliphatic rings. The van der Waals surface area contributed by atoms with Crippen molar-refractivity contribution < 1.29 is 4.74 Å². The minimum absolute atomic E-state index is 0.295. The van der Waals surface area contributed by atoms with E-state index < -0.39 is 0 Å². The highest BCUT2D eigenvalue weighted by atomic mass is 16.5. The maximum absolute atomic E-state index is 5.45. The Morgan fingerprint density at radius 2 is 2.18 bits per heavy atom. The van der Waals surface area contributed by atoms with Gasteiger partial charge in [-0.2, -0.15) is 0 Å². The molecular formula is C10H10O. The molecule has 3 rings (SSSR count). The molecule has 1 heterocycles. The molecule has 0 spiro atoms. The summed E-state index contributed by atoms with van der Waals surface area (Å²) in [5.41, 5.74) is 0. The van der Waals surface area contributed by atoms with Gasteiger partial charge in [-0.1, -0.05) is 24.3 Å². The van der Waals surface area contributed by atoms with Crippen molar-refractivity contribution in [3.05, 3.63) is 30.9 Å². The monoisotopic (exact) mass is 146 g/mol. The summed E-state index contributed by atoms with van der Waals surface area (Å²) in [7, 11) is 0. The normalized spacial score (nSPS) is 51.6. The summed E-state index contributed by atoms with van der Waals surface area (Å²) in [6, 6.07) is 0. The fourth-order valence-corrected chi connectivity index (χ4v) is 2.05. The van der Waals surface area contributed by atoms with Crippen LogP contribution >= 0.6 is 0 Å². The van der Waals surface area contributed by atoms with Crippen LogP contribution in [-0.2, 0) is 4.74 Å². The molecule has 4 atom stereocenters. The number of ether oxygens (including phenoxy) is 1. The van der Waals surface area contributed by atoms with E-state index in [1.807, 2.05) is 0 Å². The zero-order chi connectivity index (χ0) is 7.26. The van der Waals surface area contributed by atoms with Gasteiger partial charge in [0.05, 0.1) is 6.10 Å². The second-order valence-electron chi connectivity index (χ2n) is 3.55. The minimum Gasteiger partial charge on any atom is -0.360 e. The molecule has 1 heteroatoms. The molecule has 1 saturated carbocycles. The third-order valence-corrected chi connectivity index (χ3v) is 2.81. The van der Waals surface area contributed by atoms with Gasteiger partial charge in [0.1, 0.15) is 6.61 Å². The van der Waals surface area contributed by atoms with Gasteiger partial charge in [0.25, 0.3) is 0 Å². The highest BCUT2D eigenvalue weighted by molar-refractivity contribution is 5.21. The number of allylic oxidation sites excluding steroid dienone is 2. The number of hydrogen-bond donors (Lipinski definition) is 0. The van der Waals surface area contributed by atoms with Crippen molar-refractivity contribution >= 4 is 0 Å². The Labute approximate surface area is 66.7 Å². The molecule has 2 fully saturated rings. The first-order valence-electron chi connectivity index (χ1n) is 4.21. The smallest absolute Gasteiger partial charge is 0.136 e. The van der Waals surface area contributed by atoms with Gasteiger partial charge < -0.3 is 4.74 Å². The molecule has 1 nitrogen and oxygen atoms in total. The van der Waals surface area contributed by atoms with E-state index in [4.69, 9.17) is 4.74 Å². The van der Waals surface area contributed by atoms with Gasteiger partial charge >= 0.3 is 0 Å². The van der Waals surface area contributed by atoms with Crippen molar-refractivity contribution in [3.63, 3.8) is 0 Å². The first-order valence-corrected chi connectivity index (χ1v) is 4.21. The summed E-state index contributed by atoms with van der Waals surface area (Å²) in [6.07, 6.45) is 10.2. The van der Waals surface area contributed by atoms with E-state index in [0.29, 0.717) is 17.9 Å². The third-order valence-electron chi connectivity index (χ3n) is 2.81. The van der Waals surface area contributed by atoms with Crippen LogP contribution in [0.5, 0.6) is 0 Å². The summed E-state index contributed by atoms with van der Waals surface area (Å²) >= 11 is 0. The van der Waals surface area contributed by atoms with E-state index in [-0.39, 0.29) is 0 Å². The number of fused-ring (bicyclic) bond motifs is 3. The quantitative estimate of drug-likeness (QED) is 0.506. The van der Waals surface area contributed by atoms with Crippen LogP contribution in [0.1, 0.15) is 6.42 Å². The average molecular weight is 146 g/mol. The molecule has 0 aromatic heterocycles. The highest BCUT2D eigenvalue weighted by Gasteiger charge is 2.49. The zero-order valence-electron chi connectivity index (χ0n) is 6.23. The van der Waals surface area contributed by atoms with E-state index in [9.17, 15) is 0 Å². The zero-order valence-corrected chi connectivity index (χ0v) is 6.23. The lowest BCUT2D eigenvalue weighted by atomic mass is 9.90. The van der Waals surface area contributed by atoms with Crippen LogP contribution in [0.4, 0.5) is 0 Å². The van der Waals surface area contributed by atoms with E-state index in [1.165, 1.54) is 6.42 Å². The van der Waals surface area contributed by atoms with Crippen LogP contribution in [0.2, 0.25) is 0 Å². The molecule has 2 radical (unpaired) electrons. The Hall–Kier alpha value is -0.560. The topological polar surface area (TPSA) is 9.23 Å². The van der Waals surface area contributed by atoms with Crippen LogP contribution in [0.3, 0.4) is 0 Å². The fourth-order valence-electron chi connectivity index (χ4n) is 2.05. The second-order valence-corrected chi connectivity index (χ2v) is 3.55. The molecular weight excluding hydrogens is 136 g/mol. The Morgan fingerprint density at radius 1 is 1.27 bits per heavy atom. The maximum atomic E-state index is 5.45. The molecule has 0 bridgehead atoms. The Bertz CT molecular complexity index is 229. The Kier molecular flexibility index (Phi) is 1.08. The summed E-state index contributed by atoms with van der Waals surface area (Å²) in [5, 5.41) is 0. The van der Waals surface area contributed by atoms with Gasteiger partial charge in [-0.25, -0.2) is 0 Å². The fraction of sp³-hybridized carbons (Fsp3) is 0.500. The van der Waals surface area contributed by atoms with Crippen molar-refractivity contribution in [2.75, 3.05) is 0 Å². The van der Waals surface area contributed by atoms with Crippen LogP contribution < -0.4 is 0 Å². The average Bonchev–Trinajstić information content (AvgIpc) is 2.83. The summed E-state index contributed by atoms with van der Waals surface area (Å²) in [6.45, 7) is 3.07. The molecule has 1 saturated heterocycles. The predicted octanol–water partition coefficient (Wildman–Crippen LogP) is 1.80. The lowest BCUT2D eigenvalue weighted by Crippen LogP contribution is -2.27. The maximum Gasteiger partial charge on any atom is 0.136 e. The van der Waals surface area contributed by atoms with E-state index in [2.05, 4.69) is 30.9 Å². The van der Waals surface area contributed by atoms with Crippen molar-refractivity contribution in [2.45, 2.75) is 12.5 Å². The minimum atomic E-state index is 0.295. The van der Waals surface area contributed by atoms with Gasteiger partial charge in [0, 0.05) is 5.92 Å². The van der Waals surface area contributed by atoms with Crippen LogP contribution in [0.25, 0.3) is 0 Å². The number of hydrogen-bond acceptors (Lipinski definition) is 1. The molecule has 2 aliphatic carbocycles. The number of rotatable bonds is 0. The van der Waals surface area contributed by atoms with Crippen molar-refractivity contribution in [3.8, 4) is 0 Å². The van der Waals surface area contributed by atoms with Gasteiger partial charge in [0.2, 0.25) is 0 Å². The van der Waals surface area contributed by atoms with Crippen molar-refractivity contribution in [2.24, 2.45) is 17.8 Å². The molecule has 4 unspecified atom stereocenters. The van der Waals surface area contributed by atoms with Gasteiger partial charge in [-0.05, 0) is 18.3 Å². The molecule has 56 valence electrons. The van der Waals surface area contributed by atoms with Gasteiger partial charge in [-0.3, -0.25) is 0 Å². The lowest BCUT2D eigenvalue weighted by Gasteiger charge is -2.27. The van der Waals surface area contributed by atoms with E-state index in [1.54, 1.807) is 0 Å². The predicted molar refractivity (Wildman–Crippen MR) is 41.5 cm³/mol. The Morgan fingerprint density at radius 3 is 3.18 bits per heavy atom. The lowest BCUT2D eigenvalue weighted by molar-refractivity contribution is 0.0605. The van der Waals surface area contributed by atoms with E-state index >= 15 is 0 Å². The molecule has 0 amide bonds. The molecule has 1 aliphatic heterocycles. The first kappa shape index (κ1) is 6.01. The standard InChI is InChI=1S/C10H10O/c1-2-4-10-8(3-1)9-5-7(9)6-11-10/h1-4,7-10H,5H2. The first-order chi connectivity index (χ1) is 5.45. The summed E-state index contributed by atoms with van der Waals surface area (Å²) < 4.78 is 5.45. The highest BCUT2D eigenvalue weighted by Crippen LogP contribution is 2.52. The summed E-state index contributed by atoms with van der Waals surface area (Å²) in [4.78, 5) is 0. The molecule has 0 N–H and O–H groups in total.